The van der Waals surface area contributed by atoms with E-state index in [4.69, 9.17) is 0 Å². The largest absolute Gasteiger partial charge is 0.367 e. The molecule has 0 aliphatic carbocycles. The average molecular weight is 230 g/mol. The van der Waals surface area contributed by atoms with Crippen molar-refractivity contribution in [2.75, 3.05) is 5.75 Å². The van der Waals surface area contributed by atoms with E-state index in [1.807, 2.05) is 26.8 Å². The van der Waals surface area contributed by atoms with Gasteiger partial charge in [-0.25, -0.2) is 13.1 Å². The van der Waals surface area contributed by atoms with Gasteiger partial charge in [0.15, 0.2) is 0 Å². The highest BCUT2D eigenvalue weighted by atomic mass is 32.2. The Hall–Kier alpha value is -0.810. The molecule has 0 saturated carbocycles. The molecule has 15 heavy (non-hydrogen) atoms. The minimum Gasteiger partial charge on any atom is -0.367 e. The molecule has 0 aromatic carbocycles. The maximum absolute atomic E-state index is 11.6. The van der Waals surface area contributed by atoms with Crippen molar-refractivity contribution < 1.29 is 8.42 Å². The van der Waals surface area contributed by atoms with E-state index in [1.54, 1.807) is 12.4 Å². The van der Waals surface area contributed by atoms with Gasteiger partial charge in [0.2, 0.25) is 10.0 Å². The van der Waals surface area contributed by atoms with Crippen molar-refractivity contribution >= 4 is 10.0 Å². The van der Waals surface area contributed by atoms with Crippen molar-refractivity contribution in [2.45, 2.75) is 27.3 Å². The lowest BCUT2D eigenvalue weighted by molar-refractivity contribution is 0.458. The lowest BCUT2D eigenvalue weighted by atomic mass is 10.0. The van der Waals surface area contributed by atoms with Crippen molar-refractivity contribution in [2.24, 2.45) is 5.41 Å². The molecule has 1 aromatic heterocycles. The zero-order valence-electron chi connectivity index (χ0n) is 9.37. The number of aromatic nitrogens is 1. The molecule has 0 aliphatic heterocycles. The van der Waals surface area contributed by atoms with Crippen LogP contribution in [0.5, 0.6) is 0 Å². The first-order valence-electron chi connectivity index (χ1n) is 4.87. The summed E-state index contributed by atoms with van der Waals surface area (Å²) in [6.07, 6.45) is 3.55. The maximum Gasteiger partial charge on any atom is 0.212 e. The molecule has 1 aromatic rings. The third-order valence-electron chi connectivity index (χ3n) is 1.78. The van der Waals surface area contributed by atoms with E-state index >= 15 is 0 Å². The Bertz CT molecular complexity index is 388. The van der Waals surface area contributed by atoms with Gasteiger partial charge in [0.1, 0.15) is 0 Å². The smallest absolute Gasteiger partial charge is 0.212 e. The number of H-pyrrole nitrogens is 1. The second-order valence-corrected chi connectivity index (χ2v) is 6.67. The summed E-state index contributed by atoms with van der Waals surface area (Å²) in [6, 6.07) is 1.85. The molecule has 2 N–H and O–H groups in total. The minimum absolute atomic E-state index is 0.143. The van der Waals surface area contributed by atoms with Gasteiger partial charge in [-0.2, -0.15) is 0 Å². The molecule has 5 heteroatoms. The molecule has 0 saturated heterocycles. The van der Waals surface area contributed by atoms with E-state index in [0.29, 0.717) is 6.54 Å². The summed E-state index contributed by atoms with van der Waals surface area (Å²) >= 11 is 0. The van der Waals surface area contributed by atoms with Crippen LogP contribution in [0.4, 0.5) is 0 Å². The zero-order chi connectivity index (χ0) is 11.5. The van der Waals surface area contributed by atoms with E-state index in [2.05, 4.69) is 9.71 Å². The normalized spacial score (nSPS) is 13.0. The summed E-state index contributed by atoms with van der Waals surface area (Å²) in [5.41, 5.74) is 0.719. The van der Waals surface area contributed by atoms with E-state index in [-0.39, 0.29) is 11.2 Å². The van der Waals surface area contributed by atoms with Crippen molar-refractivity contribution in [3.63, 3.8) is 0 Å². The highest BCUT2D eigenvalue weighted by Crippen LogP contribution is 2.15. The maximum atomic E-state index is 11.6. The fourth-order valence-corrected chi connectivity index (χ4v) is 2.91. The van der Waals surface area contributed by atoms with Gasteiger partial charge in [0, 0.05) is 18.9 Å². The van der Waals surface area contributed by atoms with Crippen molar-refractivity contribution in [1.29, 1.82) is 0 Å². The molecule has 1 heterocycles. The molecule has 0 fully saturated rings. The molecule has 0 atom stereocenters. The summed E-state index contributed by atoms with van der Waals surface area (Å²) < 4.78 is 25.8. The fourth-order valence-electron chi connectivity index (χ4n) is 1.28. The summed E-state index contributed by atoms with van der Waals surface area (Å²) in [4.78, 5) is 2.88. The Labute approximate surface area is 91.1 Å². The Balaban J connectivity index is 2.51. The van der Waals surface area contributed by atoms with E-state index < -0.39 is 10.0 Å². The minimum atomic E-state index is -3.18. The van der Waals surface area contributed by atoms with Gasteiger partial charge in [0.05, 0.1) is 5.75 Å². The molecule has 86 valence electrons. The molecule has 0 spiro atoms. The number of hydrogen-bond acceptors (Lipinski definition) is 2. The first-order chi connectivity index (χ1) is 6.79. The Kier molecular flexibility index (Phi) is 3.57. The van der Waals surface area contributed by atoms with Crippen molar-refractivity contribution in [1.82, 2.24) is 9.71 Å². The summed E-state index contributed by atoms with van der Waals surface area (Å²) in [5, 5.41) is 0. The molecule has 0 aliphatic rings. The number of rotatable bonds is 4. The quantitative estimate of drug-likeness (QED) is 0.823. The fraction of sp³-hybridized carbons (Fsp3) is 0.600. The van der Waals surface area contributed by atoms with Crippen molar-refractivity contribution in [3.8, 4) is 0 Å². The van der Waals surface area contributed by atoms with E-state index in [1.165, 1.54) is 0 Å². The molecule has 0 unspecified atom stereocenters. The van der Waals surface area contributed by atoms with Crippen molar-refractivity contribution in [3.05, 3.63) is 24.0 Å². The second kappa shape index (κ2) is 4.37. The molecular weight excluding hydrogens is 212 g/mol. The highest BCUT2D eigenvalue weighted by Gasteiger charge is 2.20. The zero-order valence-corrected chi connectivity index (χ0v) is 10.2. The lowest BCUT2D eigenvalue weighted by Gasteiger charge is -2.18. The van der Waals surface area contributed by atoms with Crippen LogP contribution in [0, 0.1) is 5.41 Å². The van der Waals surface area contributed by atoms with Crippen LogP contribution in [0.3, 0.4) is 0 Å². The monoisotopic (exact) mass is 230 g/mol. The van der Waals surface area contributed by atoms with Crippen LogP contribution in [0.1, 0.15) is 26.3 Å². The van der Waals surface area contributed by atoms with Crippen LogP contribution in [-0.2, 0) is 16.6 Å². The van der Waals surface area contributed by atoms with Crippen LogP contribution >= 0.6 is 0 Å². The Morgan fingerprint density at radius 1 is 1.40 bits per heavy atom. The predicted molar refractivity (Wildman–Crippen MR) is 60.9 cm³/mol. The van der Waals surface area contributed by atoms with Gasteiger partial charge in [-0.15, -0.1) is 0 Å². The van der Waals surface area contributed by atoms with Crippen LogP contribution < -0.4 is 4.72 Å². The molecule has 1 rings (SSSR count). The standard InChI is InChI=1S/C10H18N2O2S/c1-10(2,3)8-15(13,14)12-7-9-4-5-11-6-9/h4-6,11-12H,7-8H2,1-3H3. The summed E-state index contributed by atoms with van der Waals surface area (Å²) in [7, 11) is -3.18. The molecule has 0 bridgehead atoms. The van der Waals surface area contributed by atoms with Gasteiger partial charge in [0.25, 0.3) is 0 Å². The SMILES string of the molecule is CC(C)(C)CS(=O)(=O)NCc1cc[nH]c1. The van der Waals surface area contributed by atoms with Gasteiger partial charge >= 0.3 is 0 Å². The van der Waals surface area contributed by atoms with Crippen LogP contribution in [0.25, 0.3) is 0 Å². The number of aromatic amines is 1. The predicted octanol–water partition coefficient (Wildman–Crippen LogP) is 1.48. The van der Waals surface area contributed by atoms with Gasteiger partial charge in [-0.1, -0.05) is 20.8 Å². The first-order valence-corrected chi connectivity index (χ1v) is 6.53. The summed E-state index contributed by atoms with van der Waals surface area (Å²) in [6.45, 7) is 6.06. The molecule has 0 amide bonds. The van der Waals surface area contributed by atoms with Gasteiger partial charge < -0.3 is 4.98 Å². The molecule has 4 nitrogen and oxygen atoms in total. The number of sulfonamides is 1. The summed E-state index contributed by atoms with van der Waals surface area (Å²) in [5.74, 6) is 0.143. The third-order valence-corrected chi connectivity index (χ3v) is 3.61. The van der Waals surface area contributed by atoms with Crippen LogP contribution in [-0.4, -0.2) is 19.2 Å². The second-order valence-electron chi connectivity index (χ2n) is 4.86. The van der Waals surface area contributed by atoms with E-state index in [9.17, 15) is 8.42 Å². The van der Waals surface area contributed by atoms with Gasteiger partial charge in [-0.3, -0.25) is 0 Å². The molecule has 0 radical (unpaired) electrons. The van der Waals surface area contributed by atoms with E-state index in [0.717, 1.165) is 5.56 Å². The van der Waals surface area contributed by atoms with Crippen LogP contribution in [0.15, 0.2) is 18.5 Å². The Morgan fingerprint density at radius 2 is 2.07 bits per heavy atom. The number of hydrogen-bond donors (Lipinski definition) is 2. The van der Waals surface area contributed by atoms with Crippen LogP contribution in [0.2, 0.25) is 0 Å². The lowest BCUT2D eigenvalue weighted by Crippen LogP contribution is -2.31. The average Bonchev–Trinajstić information content (AvgIpc) is 2.47. The number of nitrogens with one attached hydrogen (secondary N) is 2. The first kappa shape index (κ1) is 12.3. The highest BCUT2D eigenvalue weighted by molar-refractivity contribution is 7.89. The van der Waals surface area contributed by atoms with Gasteiger partial charge in [-0.05, 0) is 17.0 Å². The third kappa shape index (κ3) is 4.99. The Morgan fingerprint density at radius 3 is 2.53 bits per heavy atom. The topological polar surface area (TPSA) is 62.0 Å². The molecular formula is C10H18N2O2S.